The first-order valence-corrected chi connectivity index (χ1v) is 12.1. The number of carbonyl (C=O) groups excluding carboxylic acids is 2. The summed E-state index contributed by atoms with van der Waals surface area (Å²) in [6.07, 6.45) is 5.15. The van der Waals surface area contributed by atoms with Gasteiger partial charge in [0.2, 0.25) is 0 Å². The van der Waals surface area contributed by atoms with E-state index >= 15 is 0 Å². The van der Waals surface area contributed by atoms with Crippen molar-refractivity contribution in [2.75, 3.05) is 26.2 Å². The normalized spacial score (nSPS) is 22.2. The summed E-state index contributed by atoms with van der Waals surface area (Å²) in [4.78, 5) is 30.5. The highest BCUT2D eigenvalue weighted by atomic mass is 16.5. The number of hydrogen-bond acceptors (Lipinski definition) is 4. The van der Waals surface area contributed by atoms with Crippen LogP contribution in [0.2, 0.25) is 0 Å². The topological polar surface area (TPSA) is 61.9 Å². The lowest BCUT2D eigenvalue weighted by Crippen LogP contribution is -2.52. The SMILES string of the molecule is C=CCN1C(=O)NC(c2ccc(C(C)(C)C)cc2)C(C(=O)OCC)=C1CN1CCCCC1C. The number of benzene rings is 1. The minimum absolute atomic E-state index is 0.0183. The maximum atomic E-state index is 13.3. The van der Waals surface area contributed by atoms with Crippen molar-refractivity contribution in [2.45, 2.75) is 71.4 Å². The quantitative estimate of drug-likeness (QED) is 0.470. The van der Waals surface area contributed by atoms with E-state index in [0.29, 0.717) is 24.7 Å². The average molecular weight is 454 g/mol. The number of urea groups is 1. The standard InChI is InChI=1S/C27H39N3O3/c1-7-16-30-22(18-29-17-10-9-11-19(29)3)23(25(31)33-8-2)24(28-26(30)32)20-12-14-21(15-13-20)27(4,5)6/h7,12-15,19,24H,1,8-11,16-18H2,2-6H3,(H,28,32). The van der Waals surface area contributed by atoms with Crippen LogP contribution < -0.4 is 5.32 Å². The van der Waals surface area contributed by atoms with Crippen molar-refractivity contribution in [3.05, 3.63) is 59.3 Å². The number of nitrogens with zero attached hydrogens (tertiary/aromatic N) is 2. The highest BCUT2D eigenvalue weighted by Crippen LogP contribution is 2.34. The molecule has 2 atom stereocenters. The van der Waals surface area contributed by atoms with Crippen molar-refractivity contribution in [1.29, 1.82) is 0 Å². The minimum atomic E-state index is -0.554. The van der Waals surface area contributed by atoms with Gasteiger partial charge in [0, 0.05) is 24.8 Å². The summed E-state index contributed by atoms with van der Waals surface area (Å²) < 4.78 is 5.50. The van der Waals surface area contributed by atoms with Crippen molar-refractivity contribution in [3.8, 4) is 0 Å². The van der Waals surface area contributed by atoms with E-state index in [1.807, 2.05) is 12.1 Å². The molecule has 0 aliphatic carbocycles. The summed E-state index contributed by atoms with van der Waals surface area (Å²) in [5.41, 5.74) is 3.33. The van der Waals surface area contributed by atoms with E-state index in [4.69, 9.17) is 4.74 Å². The molecule has 3 rings (SSSR count). The van der Waals surface area contributed by atoms with Gasteiger partial charge in [-0.3, -0.25) is 9.80 Å². The number of rotatable bonds is 7. The molecule has 1 N–H and O–H groups in total. The lowest BCUT2D eigenvalue weighted by molar-refractivity contribution is -0.139. The molecule has 0 spiro atoms. The number of likely N-dealkylation sites (tertiary alicyclic amines) is 1. The number of hydrogen-bond donors (Lipinski definition) is 1. The summed E-state index contributed by atoms with van der Waals surface area (Å²) in [6, 6.07) is 7.80. The summed E-state index contributed by atoms with van der Waals surface area (Å²) in [6.45, 7) is 16.4. The highest BCUT2D eigenvalue weighted by molar-refractivity contribution is 5.95. The van der Waals surface area contributed by atoms with Crippen molar-refractivity contribution in [2.24, 2.45) is 0 Å². The fourth-order valence-electron chi connectivity index (χ4n) is 4.66. The number of esters is 1. The van der Waals surface area contributed by atoms with Gasteiger partial charge in [-0.15, -0.1) is 6.58 Å². The molecule has 6 heteroatoms. The molecule has 2 aliphatic heterocycles. The molecule has 0 saturated carbocycles. The molecule has 1 fully saturated rings. The van der Waals surface area contributed by atoms with Gasteiger partial charge in [0.25, 0.3) is 0 Å². The van der Waals surface area contributed by atoms with E-state index in [0.717, 1.165) is 30.6 Å². The molecule has 0 radical (unpaired) electrons. The van der Waals surface area contributed by atoms with Crippen molar-refractivity contribution >= 4 is 12.0 Å². The second-order valence-electron chi connectivity index (χ2n) is 10.0. The van der Waals surface area contributed by atoms with Crippen molar-refractivity contribution in [3.63, 3.8) is 0 Å². The van der Waals surface area contributed by atoms with Crippen LogP contribution in [0.3, 0.4) is 0 Å². The number of amides is 2. The Hall–Kier alpha value is -2.60. The molecular weight excluding hydrogens is 414 g/mol. The van der Waals surface area contributed by atoms with E-state index in [9.17, 15) is 9.59 Å². The Morgan fingerprint density at radius 2 is 1.94 bits per heavy atom. The van der Waals surface area contributed by atoms with Crippen LogP contribution in [0, 0.1) is 0 Å². The maximum absolute atomic E-state index is 13.3. The Kier molecular flexibility index (Phi) is 8.01. The fourth-order valence-corrected chi connectivity index (χ4v) is 4.66. The predicted molar refractivity (Wildman–Crippen MR) is 132 cm³/mol. The second kappa shape index (κ2) is 10.6. The van der Waals surface area contributed by atoms with Crippen LogP contribution in [-0.2, 0) is 14.9 Å². The molecular formula is C27H39N3O3. The van der Waals surface area contributed by atoms with Crippen molar-refractivity contribution in [1.82, 2.24) is 15.1 Å². The first-order valence-electron chi connectivity index (χ1n) is 12.1. The van der Waals surface area contributed by atoms with Gasteiger partial charge in [-0.25, -0.2) is 9.59 Å². The van der Waals surface area contributed by atoms with E-state index in [-0.39, 0.29) is 24.0 Å². The Labute approximate surface area is 198 Å². The molecule has 33 heavy (non-hydrogen) atoms. The predicted octanol–water partition coefficient (Wildman–Crippen LogP) is 4.93. The Bertz CT molecular complexity index is 898. The molecule has 1 aromatic rings. The second-order valence-corrected chi connectivity index (χ2v) is 10.0. The van der Waals surface area contributed by atoms with E-state index in [1.54, 1.807) is 17.9 Å². The summed E-state index contributed by atoms with van der Waals surface area (Å²) in [5.74, 6) is -0.379. The van der Waals surface area contributed by atoms with Crippen LogP contribution in [0.4, 0.5) is 4.79 Å². The molecule has 1 aromatic carbocycles. The zero-order valence-electron chi connectivity index (χ0n) is 20.8. The van der Waals surface area contributed by atoms with Gasteiger partial charge in [0.15, 0.2) is 0 Å². The third kappa shape index (κ3) is 5.67. The van der Waals surface area contributed by atoms with Gasteiger partial charge >= 0.3 is 12.0 Å². The fraction of sp³-hybridized carbons (Fsp3) is 0.556. The smallest absolute Gasteiger partial charge is 0.338 e. The van der Waals surface area contributed by atoms with Crippen LogP contribution >= 0.6 is 0 Å². The van der Waals surface area contributed by atoms with Crippen LogP contribution in [0.5, 0.6) is 0 Å². The molecule has 180 valence electrons. The maximum Gasteiger partial charge on any atom is 0.338 e. The lowest BCUT2D eigenvalue weighted by atomic mass is 9.85. The van der Waals surface area contributed by atoms with Gasteiger partial charge in [-0.2, -0.15) is 0 Å². The van der Waals surface area contributed by atoms with Crippen LogP contribution in [0.15, 0.2) is 48.2 Å². The molecule has 2 amide bonds. The highest BCUT2D eigenvalue weighted by Gasteiger charge is 2.39. The number of ether oxygens (including phenoxy) is 1. The van der Waals surface area contributed by atoms with Gasteiger partial charge in [-0.1, -0.05) is 57.5 Å². The Morgan fingerprint density at radius 3 is 2.52 bits per heavy atom. The minimum Gasteiger partial charge on any atom is -0.463 e. The van der Waals surface area contributed by atoms with Gasteiger partial charge in [-0.05, 0) is 49.8 Å². The molecule has 2 unspecified atom stereocenters. The first kappa shape index (κ1) is 25.0. The van der Waals surface area contributed by atoms with Gasteiger partial charge in [0.05, 0.1) is 18.2 Å². The molecule has 2 heterocycles. The third-order valence-electron chi connectivity index (χ3n) is 6.65. The lowest BCUT2D eigenvalue weighted by Gasteiger charge is -2.40. The molecule has 1 saturated heterocycles. The largest absolute Gasteiger partial charge is 0.463 e. The number of carbonyl (C=O) groups is 2. The third-order valence-corrected chi connectivity index (χ3v) is 6.65. The number of nitrogens with one attached hydrogen (secondary N) is 1. The molecule has 0 aromatic heterocycles. The van der Waals surface area contributed by atoms with Gasteiger partial charge in [0.1, 0.15) is 0 Å². The number of piperidine rings is 1. The Morgan fingerprint density at radius 1 is 1.24 bits per heavy atom. The molecule has 6 nitrogen and oxygen atoms in total. The van der Waals surface area contributed by atoms with Crippen molar-refractivity contribution < 1.29 is 14.3 Å². The molecule has 2 aliphatic rings. The van der Waals surface area contributed by atoms with E-state index < -0.39 is 6.04 Å². The summed E-state index contributed by atoms with van der Waals surface area (Å²) in [7, 11) is 0. The Balaban J connectivity index is 2.10. The van der Waals surface area contributed by atoms with E-state index in [2.05, 4.69) is 56.6 Å². The van der Waals surface area contributed by atoms with Gasteiger partial charge < -0.3 is 10.1 Å². The van der Waals surface area contributed by atoms with Crippen LogP contribution in [-0.4, -0.2) is 54.1 Å². The molecule has 0 bridgehead atoms. The average Bonchev–Trinajstić information content (AvgIpc) is 2.77. The van der Waals surface area contributed by atoms with Crippen LogP contribution in [0.25, 0.3) is 0 Å². The zero-order valence-corrected chi connectivity index (χ0v) is 20.8. The zero-order chi connectivity index (χ0) is 24.2. The summed E-state index contributed by atoms with van der Waals surface area (Å²) in [5, 5.41) is 3.06. The van der Waals surface area contributed by atoms with Crippen LogP contribution in [0.1, 0.15) is 71.0 Å². The van der Waals surface area contributed by atoms with E-state index in [1.165, 1.54) is 12.0 Å². The first-order chi connectivity index (χ1) is 15.7. The summed E-state index contributed by atoms with van der Waals surface area (Å²) >= 11 is 0. The monoisotopic (exact) mass is 453 g/mol.